The molecular weight excluding hydrogens is 384 g/mol. The van der Waals surface area contributed by atoms with Gasteiger partial charge in [0.2, 0.25) is 0 Å². The predicted molar refractivity (Wildman–Crippen MR) is 112 cm³/mol. The van der Waals surface area contributed by atoms with Crippen LogP contribution in [0.3, 0.4) is 0 Å². The Morgan fingerprint density at radius 2 is 2.30 bits per heavy atom. The van der Waals surface area contributed by atoms with Crippen LogP contribution >= 0.6 is 0 Å². The second kappa shape index (κ2) is 7.68. The molecule has 1 aromatic carbocycles. The van der Waals surface area contributed by atoms with Gasteiger partial charge in [0.05, 0.1) is 23.8 Å². The number of aliphatic hydroxyl groups excluding tert-OH is 1. The number of nitrogens with one attached hydrogen (secondary N) is 2. The summed E-state index contributed by atoms with van der Waals surface area (Å²) in [5, 5.41) is 19.3. The van der Waals surface area contributed by atoms with Gasteiger partial charge in [-0.1, -0.05) is 5.11 Å². The van der Waals surface area contributed by atoms with Crippen LogP contribution in [-0.2, 0) is 6.54 Å². The fourth-order valence-electron chi connectivity index (χ4n) is 4.00. The van der Waals surface area contributed by atoms with Gasteiger partial charge in [-0.05, 0) is 48.3 Å². The lowest BCUT2D eigenvalue weighted by atomic mass is 10.0. The molecule has 0 bridgehead atoms. The van der Waals surface area contributed by atoms with E-state index in [4.69, 9.17) is 9.95 Å². The third-order valence-corrected chi connectivity index (χ3v) is 5.49. The zero-order chi connectivity index (χ0) is 20.5. The van der Waals surface area contributed by atoms with Crippen LogP contribution in [0.1, 0.15) is 12.0 Å². The monoisotopic (exact) mass is 404 g/mol. The van der Waals surface area contributed by atoms with Crippen molar-refractivity contribution in [2.45, 2.75) is 25.1 Å². The summed E-state index contributed by atoms with van der Waals surface area (Å²) >= 11 is 0. The highest BCUT2D eigenvalue weighted by atomic mass is 16.3. The normalized spacial score (nSPS) is 19.8. The topological polar surface area (TPSA) is 139 Å². The first kappa shape index (κ1) is 18.4. The highest BCUT2D eigenvalue weighted by molar-refractivity contribution is 5.93. The molecule has 0 amide bonds. The first-order chi connectivity index (χ1) is 14.7. The molecule has 152 valence electrons. The van der Waals surface area contributed by atoms with Gasteiger partial charge < -0.3 is 19.8 Å². The Labute approximate surface area is 171 Å². The quantitative estimate of drug-likeness (QED) is 0.263. The number of fused-ring (bicyclic) bond motifs is 2. The molecule has 3 N–H and O–H groups in total. The molecule has 10 heteroatoms. The number of aromatic nitrogens is 3. The summed E-state index contributed by atoms with van der Waals surface area (Å²) in [6.07, 6.45) is 5.07. The molecule has 1 aliphatic heterocycles. The Morgan fingerprint density at radius 1 is 1.37 bits per heavy atom. The number of aliphatic hydroxyl groups is 1. The van der Waals surface area contributed by atoms with E-state index in [1.807, 2.05) is 30.5 Å². The van der Waals surface area contributed by atoms with E-state index in [9.17, 15) is 5.11 Å². The third kappa shape index (κ3) is 3.43. The lowest BCUT2D eigenvalue weighted by Gasteiger charge is -2.33. The number of piperidine rings is 1. The SMILES string of the molecule is [N-]=[N+]=N[C@@H]1CCN(Cc2c[nH]c3ncnc(Nc4ccc5occc5c4)c23)C[C@H]1O. The van der Waals surface area contributed by atoms with Crippen molar-refractivity contribution in [2.75, 3.05) is 18.4 Å². The maximum Gasteiger partial charge on any atom is 0.143 e. The van der Waals surface area contributed by atoms with Crippen LogP contribution in [-0.4, -0.2) is 50.2 Å². The van der Waals surface area contributed by atoms with Gasteiger partial charge in [-0.25, -0.2) is 9.97 Å². The summed E-state index contributed by atoms with van der Waals surface area (Å²) in [7, 11) is 0. The third-order valence-electron chi connectivity index (χ3n) is 5.49. The minimum absolute atomic E-state index is 0.368. The molecule has 3 aromatic heterocycles. The molecule has 1 fully saturated rings. The largest absolute Gasteiger partial charge is 0.464 e. The number of likely N-dealkylation sites (tertiary alicyclic amines) is 1. The van der Waals surface area contributed by atoms with Crippen molar-refractivity contribution in [3.8, 4) is 0 Å². The number of hydrogen-bond donors (Lipinski definition) is 3. The molecule has 1 saturated heterocycles. The molecule has 1 aliphatic rings. The molecule has 10 nitrogen and oxygen atoms in total. The summed E-state index contributed by atoms with van der Waals surface area (Å²) in [4.78, 5) is 17.0. The van der Waals surface area contributed by atoms with Crippen LogP contribution in [0.5, 0.6) is 0 Å². The van der Waals surface area contributed by atoms with E-state index >= 15 is 0 Å². The lowest BCUT2D eigenvalue weighted by molar-refractivity contribution is 0.0503. The van der Waals surface area contributed by atoms with Crippen LogP contribution in [0.15, 0.2) is 52.6 Å². The van der Waals surface area contributed by atoms with Crippen molar-refractivity contribution < 1.29 is 9.52 Å². The van der Waals surface area contributed by atoms with Crippen LogP contribution in [0, 0.1) is 0 Å². The summed E-state index contributed by atoms with van der Waals surface area (Å²) in [6.45, 7) is 1.81. The van der Waals surface area contributed by atoms with Gasteiger partial charge in [0.15, 0.2) is 0 Å². The number of hydrogen-bond acceptors (Lipinski definition) is 7. The summed E-state index contributed by atoms with van der Waals surface area (Å²) in [5.41, 5.74) is 12.1. The minimum Gasteiger partial charge on any atom is -0.464 e. The van der Waals surface area contributed by atoms with Gasteiger partial charge >= 0.3 is 0 Å². The molecule has 0 spiro atoms. The molecule has 0 saturated carbocycles. The molecular formula is C20H20N8O2. The van der Waals surface area contributed by atoms with Crippen molar-refractivity contribution in [1.29, 1.82) is 0 Å². The highest BCUT2D eigenvalue weighted by Gasteiger charge is 2.27. The van der Waals surface area contributed by atoms with E-state index in [2.05, 4.69) is 35.2 Å². The standard InChI is InChI=1S/C20H20N8O2/c21-27-26-15-3-5-28(10-16(15)29)9-13-8-22-19-18(13)20(24-11-23-19)25-14-1-2-17-12(7-14)4-6-30-17/h1-2,4,6-8,11,15-16,29H,3,5,9-10H2,(H2,22,23,24,25)/t15-,16-/m1/s1. The fourth-order valence-corrected chi connectivity index (χ4v) is 4.00. The van der Waals surface area contributed by atoms with Crippen LogP contribution in [0.2, 0.25) is 0 Å². The van der Waals surface area contributed by atoms with E-state index < -0.39 is 6.10 Å². The van der Waals surface area contributed by atoms with Gasteiger partial charge in [0, 0.05) is 35.3 Å². The molecule has 5 rings (SSSR count). The van der Waals surface area contributed by atoms with Crippen molar-refractivity contribution in [2.24, 2.45) is 5.11 Å². The molecule has 0 radical (unpaired) electrons. The summed E-state index contributed by atoms with van der Waals surface area (Å²) in [5.74, 6) is 0.712. The lowest BCUT2D eigenvalue weighted by Crippen LogP contribution is -2.45. The second-order valence-corrected chi connectivity index (χ2v) is 7.42. The fraction of sp³-hybridized carbons (Fsp3) is 0.300. The number of aromatic amines is 1. The Morgan fingerprint density at radius 3 is 3.17 bits per heavy atom. The van der Waals surface area contributed by atoms with E-state index in [1.54, 1.807) is 6.26 Å². The van der Waals surface area contributed by atoms with E-state index in [-0.39, 0.29) is 6.04 Å². The molecule has 30 heavy (non-hydrogen) atoms. The molecule has 0 aliphatic carbocycles. The summed E-state index contributed by atoms with van der Waals surface area (Å²) < 4.78 is 5.41. The number of furan rings is 1. The Balaban J connectivity index is 1.41. The van der Waals surface area contributed by atoms with Gasteiger partial charge in [-0.2, -0.15) is 0 Å². The van der Waals surface area contributed by atoms with Crippen LogP contribution < -0.4 is 5.32 Å². The maximum absolute atomic E-state index is 10.3. The van der Waals surface area contributed by atoms with E-state index in [1.165, 1.54) is 6.33 Å². The second-order valence-electron chi connectivity index (χ2n) is 7.42. The van der Waals surface area contributed by atoms with Crippen molar-refractivity contribution >= 4 is 33.5 Å². The summed E-state index contributed by atoms with van der Waals surface area (Å²) in [6, 6.07) is 7.43. The molecule has 2 atom stereocenters. The number of β-amino-alcohol motifs (C(OH)–C–C–N with tert-alkyl or cyclic N) is 1. The highest BCUT2D eigenvalue weighted by Crippen LogP contribution is 2.29. The Bertz CT molecular complexity index is 1240. The van der Waals surface area contributed by atoms with Crippen LogP contribution in [0.25, 0.3) is 32.4 Å². The smallest absolute Gasteiger partial charge is 0.143 e. The van der Waals surface area contributed by atoms with Crippen molar-refractivity contribution in [3.63, 3.8) is 0 Å². The average molecular weight is 404 g/mol. The number of azide groups is 1. The molecule has 0 unspecified atom stereocenters. The first-order valence-electron chi connectivity index (χ1n) is 9.71. The number of nitrogens with zero attached hydrogens (tertiary/aromatic N) is 6. The van der Waals surface area contributed by atoms with Crippen molar-refractivity contribution in [1.82, 2.24) is 19.9 Å². The Hall–Kier alpha value is -3.59. The number of anilines is 2. The van der Waals surface area contributed by atoms with E-state index in [0.29, 0.717) is 25.3 Å². The van der Waals surface area contributed by atoms with Gasteiger partial charge in [-0.3, -0.25) is 4.90 Å². The number of rotatable bonds is 5. The first-order valence-corrected chi connectivity index (χ1v) is 9.71. The average Bonchev–Trinajstić information content (AvgIpc) is 3.37. The number of H-pyrrole nitrogens is 1. The molecule has 4 aromatic rings. The zero-order valence-electron chi connectivity index (χ0n) is 16.1. The maximum atomic E-state index is 10.3. The van der Waals surface area contributed by atoms with Crippen molar-refractivity contribution in [3.05, 3.63) is 59.1 Å². The minimum atomic E-state index is -0.671. The van der Waals surface area contributed by atoms with Gasteiger partial charge in [0.25, 0.3) is 0 Å². The Kier molecular flexibility index (Phi) is 4.72. The van der Waals surface area contributed by atoms with Gasteiger partial charge in [-0.15, -0.1) is 0 Å². The number of benzene rings is 1. The molecule has 4 heterocycles. The van der Waals surface area contributed by atoms with Crippen LogP contribution in [0.4, 0.5) is 11.5 Å². The predicted octanol–water partition coefficient (Wildman–Crippen LogP) is 3.69. The van der Waals surface area contributed by atoms with E-state index in [0.717, 1.165) is 39.8 Å². The van der Waals surface area contributed by atoms with Gasteiger partial charge in [0.1, 0.15) is 23.4 Å². The zero-order valence-corrected chi connectivity index (χ0v) is 16.1.